The van der Waals surface area contributed by atoms with Crippen LogP contribution in [0.3, 0.4) is 0 Å². The fourth-order valence-corrected chi connectivity index (χ4v) is 5.45. The summed E-state index contributed by atoms with van der Waals surface area (Å²) in [6.07, 6.45) is 5.30. The topological polar surface area (TPSA) is 70.1 Å². The number of fused-ring (bicyclic) bond motifs is 2. The van der Waals surface area contributed by atoms with Gasteiger partial charge in [0.2, 0.25) is 12.7 Å². The molecule has 0 unspecified atom stereocenters. The fourth-order valence-electron chi connectivity index (χ4n) is 4.45. The summed E-state index contributed by atoms with van der Waals surface area (Å²) >= 11 is 1.69. The minimum absolute atomic E-state index is 0.0345. The van der Waals surface area contributed by atoms with Gasteiger partial charge in [-0.1, -0.05) is 6.07 Å². The summed E-state index contributed by atoms with van der Waals surface area (Å²) in [6, 6.07) is 11.7. The predicted molar refractivity (Wildman–Crippen MR) is 129 cm³/mol. The number of piperidine rings is 1. The number of rotatable bonds is 4. The van der Waals surface area contributed by atoms with Crippen molar-refractivity contribution in [2.24, 2.45) is 0 Å². The molecule has 174 valence electrons. The van der Waals surface area contributed by atoms with Crippen LogP contribution in [0.4, 0.5) is 0 Å². The Bertz CT molecular complexity index is 1250. The molecule has 3 aromatic rings. The number of ether oxygens (including phenoxy) is 4. The summed E-state index contributed by atoms with van der Waals surface area (Å²) in [5, 5.41) is 3.24. The van der Waals surface area contributed by atoms with Gasteiger partial charge in [0.05, 0.1) is 10.7 Å². The Morgan fingerprint density at radius 2 is 1.68 bits per heavy atom. The smallest absolute Gasteiger partial charge is 0.246 e. The van der Waals surface area contributed by atoms with E-state index >= 15 is 0 Å². The van der Waals surface area contributed by atoms with E-state index in [1.54, 1.807) is 17.4 Å². The van der Waals surface area contributed by atoms with Gasteiger partial charge in [-0.3, -0.25) is 4.79 Å². The lowest BCUT2D eigenvalue weighted by Gasteiger charge is -2.30. The van der Waals surface area contributed by atoms with Gasteiger partial charge in [-0.2, -0.15) is 0 Å². The molecular formula is C26H24N2O5S. The van der Waals surface area contributed by atoms with Crippen LogP contribution in [0.15, 0.2) is 47.9 Å². The molecule has 3 aliphatic heterocycles. The van der Waals surface area contributed by atoms with Crippen LogP contribution in [0.2, 0.25) is 0 Å². The molecule has 1 amide bonds. The lowest BCUT2D eigenvalue weighted by Crippen LogP contribution is -2.36. The molecule has 4 heterocycles. The van der Waals surface area contributed by atoms with E-state index in [9.17, 15) is 4.79 Å². The van der Waals surface area contributed by atoms with Crippen molar-refractivity contribution in [2.75, 3.05) is 33.1 Å². The number of aromatic nitrogens is 1. The number of nitrogens with zero attached hydrogens (tertiary/aromatic N) is 2. The zero-order chi connectivity index (χ0) is 22.9. The average molecular weight is 477 g/mol. The van der Waals surface area contributed by atoms with Gasteiger partial charge in [-0.25, -0.2) is 4.98 Å². The van der Waals surface area contributed by atoms with Crippen molar-refractivity contribution in [3.63, 3.8) is 0 Å². The average Bonchev–Trinajstić information content (AvgIpc) is 3.57. The van der Waals surface area contributed by atoms with Crippen molar-refractivity contribution >= 4 is 23.3 Å². The zero-order valence-corrected chi connectivity index (χ0v) is 19.4. The van der Waals surface area contributed by atoms with Gasteiger partial charge in [0.15, 0.2) is 23.0 Å². The summed E-state index contributed by atoms with van der Waals surface area (Å²) in [6.45, 7) is 2.86. The van der Waals surface area contributed by atoms with Crippen LogP contribution >= 0.6 is 11.3 Å². The minimum Gasteiger partial charge on any atom is -0.486 e. The van der Waals surface area contributed by atoms with Gasteiger partial charge in [0.25, 0.3) is 0 Å². The van der Waals surface area contributed by atoms with E-state index in [2.05, 4.69) is 5.38 Å². The first-order valence-corrected chi connectivity index (χ1v) is 12.3. The van der Waals surface area contributed by atoms with Crippen molar-refractivity contribution < 1.29 is 23.7 Å². The van der Waals surface area contributed by atoms with Crippen LogP contribution < -0.4 is 18.9 Å². The quantitative estimate of drug-likeness (QED) is 0.507. The van der Waals surface area contributed by atoms with Crippen LogP contribution in [0.1, 0.15) is 29.3 Å². The van der Waals surface area contributed by atoms with Crippen LogP contribution in [0.25, 0.3) is 17.3 Å². The first-order chi connectivity index (χ1) is 16.7. The highest BCUT2D eigenvalue weighted by Gasteiger charge is 2.25. The molecule has 6 rings (SSSR count). The van der Waals surface area contributed by atoms with E-state index in [-0.39, 0.29) is 12.7 Å². The van der Waals surface area contributed by atoms with Gasteiger partial charge in [-0.15, -0.1) is 11.3 Å². The van der Waals surface area contributed by atoms with E-state index in [0.717, 1.165) is 70.8 Å². The van der Waals surface area contributed by atoms with Gasteiger partial charge < -0.3 is 23.8 Å². The highest BCUT2D eigenvalue weighted by molar-refractivity contribution is 7.10. The molecule has 3 aliphatic rings. The second-order valence-electron chi connectivity index (χ2n) is 8.48. The Kier molecular flexibility index (Phi) is 5.58. The maximum atomic E-state index is 12.7. The van der Waals surface area contributed by atoms with Crippen LogP contribution in [0, 0.1) is 0 Å². The third-order valence-corrected chi connectivity index (χ3v) is 7.34. The Balaban J connectivity index is 1.06. The first kappa shape index (κ1) is 21.0. The highest BCUT2D eigenvalue weighted by atomic mass is 32.1. The molecule has 2 aromatic carbocycles. The Labute approximate surface area is 201 Å². The summed E-state index contributed by atoms with van der Waals surface area (Å²) in [5.74, 6) is 3.43. The number of likely N-dealkylation sites (tertiary alicyclic amines) is 1. The SMILES string of the molecule is O=C(/C=C/c1ccc2c(c1)OCO2)N1CCC(c2nc(-c3ccc4c(c3)OCCO4)cs2)CC1. The normalized spacial score (nSPS) is 17.4. The molecule has 0 N–H and O–H groups in total. The van der Waals surface area contributed by atoms with Crippen LogP contribution in [0.5, 0.6) is 23.0 Å². The Morgan fingerprint density at radius 1 is 0.941 bits per heavy atom. The van der Waals surface area contributed by atoms with Crippen LogP contribution in [-0.2, 0) is 4.79 Å². The maximum Gasteiger partial charge on any atom is 0.246 e. The van der Waals surface area contributed by atoms with E-state index < -0.39 is 0 Å². The number of thiazole rings is 1. The number of carbonyl (C=O) groups excluding carboxylic acids is 1. The molecule has 0 atom stereocenters. The molecule has 0 spiro atoms. The monoisotopic (exact) mass is 476 g/mol. The Hall–Kier alpha value is -3.52. The predicted octanol–water partition coefficient (Wildman–Crippen LogP) is 4.73. The highest BCUT2D eigenvalue weighted by Crippen LogP contribution is 2.37. The zero-order valence-electron chi connectivity index (χ0n) is 18.6. The number of benzene rings is 2. The largest absolute Gasteiger partial charge is 0.486 e. The van der Waals surface area contributed by atoms with Crippen molar-refractivity contribution in [2.45, 2.75) is 18.8 Å². The molecule has 0 aliphatic carbocycles. The third kappa shape index (κ3) is 4.21. The van der Waals surface area contributed by atoms with E-state index in [1.807, 2.05) is 47.4 Å². The van der Waals surface area contributed by atoms with E-state index in [4.69, 9.17) is 23.9 Å². The molecule has 0 saturated carbocycles. The lowest BCUT2D eigenvalue weighted by atomic mass is 9.97. The van der Waals surface area contributed by atoms with Gasteiger partial charge in [-0.05, 0) is 54.8 Å². The standard InChI is InChI=1S/C26H24N2O5S/c29-25(6-2-17-1-4-22-23(13-17)33-16-32-22)28-9-7-18(8-10-28)26-27-20(15-34-26)19-3-5-21-24(14-19)31-12-11-30-21/h1-6,13-15,18H,7-12,16H2/b6-2+. The third-order valence-electron chi connectivity index (χ3n) is 6.33. The van der Waals surface area contributed by atoms with Crippen LogP contribution in [-0.4, -0.2) is 48.9 Å². The second-order valence-corrected chi connectivity index (χ2v) is 9.36. The van der Waals surface area contributed by atoms with Gasteiger partial charge in [0.1, 0.15) is 13.2 Å². The molecule has 1 fully saturated rings. The van der Waals surface area contributed by atoms with Gasteiger partial charge >= 0.3 is 0 Å². The molecule has 1 aromatic heterocycles. The maximum absolute atomic E-state index is 12.7. The number of carbonyl (C=O) groups is 1. The van der Waals surface area contributed by atoms with Crippen molar-refractivity contribution in [1.82, 2.24) is 9.88 Å². The second kappa shape index (κ2) is 9.02. The molecule has 0 bridgehead atoms. The number of hydrogen-bond acceptors (Lipinski definition) is 7. The summed E-state index contributed by atoms with van der Waals surface area (Å²) in [4.78, 5) is 19.5. The summed E-state index contributed by atoms with van der Waals surface area (Å²) in [7, 11) is 0. The lowest BCUT2D eigenvalue weighted by molar-refractivity contribution is -0.126. The van der Waals surface area contributed by atoms with Crippen molar-refractivity contribution in [3.05, 3.63) is 58.4 Å². The fraction of sp³-hybridized carbons (Fsp3) is 0.308. The summed E-state index contributed by atoms with van der Waals surface area (Å²) < 4.78 is 22.1. The molecule has 34 heavy (non-hydrogen) atoms. The molecule has 7 nitrogen and oxygen atoms in total. The minimum atomic E-state index is 0.0345. The van der Waals surface area contributed by atoms with Gasteiger partial charge in [0, 0.05) is 36.0 Å². The van der Waals surface area contributed by atoms with E-state index in [1.165, 1.54) is 0 Å². The molecule has 1 saturated heterocycles. The van der Waals surface area contributed by atoms with E-state index in [0.29, 0.717) is 19.1 Å². The molecule has 8 heteroatoms. The summed E-state index contributed by atoms with van der Waals surface area (Å²) in [5.41, 5.74) is 2.91. The molecular weight excluding hydrogens is 452 g/mol. The van der Waals surface area contributed by atoms with Crippen molar-refractivity contribution in [1.29, 1.82) is 0 Å². The number of hydrogen-bond donors (Lipinski definition) is 0. The number of amides is 1. The molecule has 0 radical (unpaired) electrons. The van der Waals surface area contributed by atoms with Crippen molar-refractivity contribution in [3.8, 4) is 34.3 Å². The Morgan fingerprint density at radius 3 is 2.56 bits per heavy atom. The first-order valence-electron chi connectivity index (χ1n) is 11.4.